The topological polar surface area (TPSA) is 88.1 Å². The highest BCUT2D eigenvalue weighted by atomic mass is 32.2. The van der Waals surface area contributed by atoms with Crippen LogP contribution >= 0.6 is 11.8 Å². The molecule has 32 heavy (non-hydrogen) atoms. The van der Waals surface area contributed by atoms with Gasteiger partial charge in [0.05, 0.1) is 20.3 Å². The lowest BCUT2D eigenvalue weighted by Crippen LogP contribution is -2.51. The zero-order valence-electron chi connectivity index (χ0n) is 18.3. The quantitative estimate of drug-likeness (QED) is 0.622. The second-order valence-corrected chi connectivity index (χ2v) is 8.41. The summed E-state index contributed by atoms with van der Waals surface area (Å²) in [5, 5.41) is 12.2. The molecular formula is C23H27FN2O5S. The molecule has 2 atom stereocenters. The fraction of sp³-hybridized carbons (Fsp3) is 0.391. The van der Waals surface area contributed by atoms with E-state index in [1.54, 1.807) is 24.1 Å². The second kappa shape index (κ2) is 10.6. The van der Waals surface area contributed by atoms with E-state index in [1.165, 1.54) is 31.0 Å². The number of halogens is 1. The number of aliphatic carboxylic acids is 1. The molecule has 3 rings (SSSR count). The molecule has 1 heterocycles. The van der Waals surface area contributed by atoms with E-state index in [1.807, 2.05) is 18.4 Å². The Kier molecular flexibility index (Phi) is 7.84. The Bertz CT molecular complexity index is 970. The van der Waals surface area contributed by atoms with Crippen LogP contribution in [-0.2, 0) is 11.2 Å². The maximum Gasteiger partial charge on any atom is 0.326 e. The molecule has 0 bridgehead atoms. The van der Waals surface area contributed by atoms with Gasteiger partial charge in [-0.05, 0) is 65.8 Å². The van der Waals surface area contributed by atoms with E-state index in [4.69, 9.17) is 9.47 Å². The number of amides is 2. The van der Waals surface area contributed by atoms with Crippen LogP contribution in [0.1, 0.15) is 29.2 Å². The van der Waals surface area contributed by atoms with E-state index >= 15 is 0 Å². The Labute approximate surface area is 190 Å². The molecule has 172 valence electrons. The largest absolute Gasteiger partial charge is 0.493 e. The Morgan fingerprint density at radius 2 is 1.88 bits per heavy atom. The van der Waals surface area contributed by atoms with Gasteiger partial charge >= 0.3 is 12.0 Å². The highest BCUT2D eigenvalue weighted by Crippen LogP contribution is 2.41. The number of benzene rings is 2. The van der Waals surface area contributed by atoms with Crippen molar-refractivity contribution in [1.82, 2.24) is 10.2 Å². The van der Waals surface area contributed by atoms with Gasteiger partial charge in [-0.1, -0.05) is 12.1 Å². The van der Waals surface area contributed by atoms with E-state index in [2.05, 4.69) is 5.32 Å². The first kappa shape index (κ1) is 23.7. The van der Waals surface area contributed by atoms with Gasteiger partial charge < -0.3 is 24.8 Å². The predicted molar refractivity (Wildman–Crippen MR) is 121 cm³/mol. The Hall–Kier alpha value is -2.94. The molecule has 2 aromatic rings. The average molecular weight is 463 g/mol. The third-order valence-electron chi connectivity index (χ3n) is 5.53. The van der Waals surface area contributed by atoms with Crippen molar-refractivity contribution in [3.05, 3.63) is 58.9 Å². The molecule has 2 N–H and O–H groups in total. The molecule has 0 aromatic heterocycles. The average Bonchev–Trinajstić information content (AvgIpc) is 2.80. The Morgan fingerprint density at radius 1 is 1.22 bits per heavy atom. The highest BCUT2D eigenvalue weighted by molar-refractivity contribution is 7.98. The fourth-order valence-electron chi connectivity index (χ4n) is 3.89. The smallest absolute Gasteiger partial charge is 0.326 e. The lowest BCUT2D eigenvalue weighted by molar-refractivity contribution is -0.139. The summed E-state index contributed by atoms with van der Waals surface area (Å²) < 4.78 is 24.5. The summed E-state index contributed by atoms with van der Waals surface area (Å²) in [5.74, 6) is 0.262. The number of carboxylic acids is 1. The number of ether oxygens (including phenoxy) is 2. The van der Waals surface area contributed by atoms with Gasteiger partial charge in [0.1, 0.15) is 11.9 Å². The van der Waals surface area contributed by atoms with Crippen LogP contribution in [0.15, 0.2) is 36.4 Å². The number of methoxy groups -OCH3 is 2. The predicted octanol–water partition coefficient (Wildman–Crippen LogP) is 3.71. The van der Waals surface area contributed by atoms with E-state index in [9.17, 15) is 19.1 Å². The Morgan fingerprint density at radius 3 is 2.47 bits per heavy atom. The normalized spacial score (nSPS) is 16.1. The van der Waals surface area contributed by atoms with Crippen LogP contribution in [0.5, 0.6) is 11.5 Å². The Balaban J connectivity index is 2.01. The van der Waals surface area contributed by atoms with Crippen molar-refractivity contribution in [3.63, 3.8) is 0 Å². The van der Waals surface area contributed by atoms with Gasteiger partial charge in [0.25, 0.3) is 0 Å². The lowest BCUT2D eigenvalue weighted by atomic mass is 9.87. The van der Waals surface area contributed by atoms with Crippen LogP contribution in [0.25, 0.3) is 0 Å². The van der Waals surface area contributed by atoms with Crippen molar-refractivity contribution in [3.8, 4) is 11.5 Å². The van der Waals surface area contributed by atoms with Gasteiger partial charge in [-0.2, -0.15) is 11.8 Å². The van der Waals surface area contributed by atoms with Gasteiger partial charge in [0.15, 0.2) is 11.5 Å². The number of urea groups is 1. The third kappa shape index (κ3) is 5.09. The summed E-state index contributed by atoms with van der Waals surface area (Å²) in [4.78, 5) is 26.5. The minimum atomic E-state index is -1.07. The SMILES string of the molecule is COc1cc2c(cc1OC)C(c1ccc(F)cc1)N(C(=O)NC(CCSC)C(=O)O)CC2. The number of carboxylic acid groups (broad SMARTS) is 1. The van der Waals surface area contributed by atoms with Crippen LogP contribution in [0, 0.1) is 5.82 Å². The molecule has 0 aliphatic carbocycles. The van der Waals surface area contributed by atoms with E-state index in [-0.39, 0.29) is 5.82 Å². The van der Waals surface area contributed by atoms with Crippen LogP contribution in [0.4, 0.5) is 9.18 Å². The van der Waals surface area contributed by atoms with Crippen LogP contribution < -0.4 is 14.8 Å². The van der Waals surface area contributed by atoms with Crippen LogP contribution in [0.3, 0.4) is 0 Å². The van der Waals surface area contributed by atoms with Crippen molar-refractivity contribution >= 4 is 23.8 Å². The molecular weight excluding hydrogens is 435 g/mol. The fourth-order valence-corrected chi connectivity index (χ4v) is 4.37. The van der Waals surface area contributed by atoms with E-state index in [0.29, 0.717) is 42.2 Å². The third-order valence-corrected chi connectivity index (χ3v) is 6.17. The zero-order valence-corrected chi connectivity index (χ0v) is 19.1. The summed E-state index contributed by atoms with van der Waals surface area (Å²) in [6.45, 7) is 0.366. The minimum absolute atomic E-state index is 0.318. The first-order valence-corrected chi connectivity index (χ1v) is 11.6. The van der Waals surface area contributed by atoms with Crippen molar-refractivity contribution in [2.75, 3.05) is 32.8 Å². The molecule has 7 nitrogen and oxygen atoms in total. The number of hydrogen-bond acceptors (Lipinski definition) is 5. The van der Waals surface area contributed by atoms with E-state index in [0.717, 1.165) is 11.1 Å². The van der Waals surface area contributed by atoms with Gasteiger partial charge in [-0.3, -0.25) is 0 Å². The second-order valence-electron chi connectivity index (χ2n) is 7.43. The number of rotatable bonds is 8. The van der Waals surface area contributed by atoms with Crippen molar-refractivity contribution in [1.29, 1.82) is 0 Å². The number of nitrogens with one attached hydrogen (secondary N) is 1. The van der Waals surface area contributed by atoms with Crippen molar-refractivity contribution < 1.29 is 28.6 Å². The van der Waals surface area contributed by atoms with Gasteiger partial charge in [0, 0.05) is 6.54 Å². The summed E-state index contributed by atoms with van der Waals surface area (Å²) in [7, 11) is 3.10. The number of carbonyl (C=O) groups is 2. The van der Waals surface area contributed by atoms with Gasteiger partial charge in [0.2, 0.25) is 0 Å². The molecule has 0 saturated heterocycles. The maximum atomic E-state index is 13.6. The molecule has 9 heteroatoms. The molecule has 1 aliphatic rings. The van der Waals surface area contributed by atoms with Gasteiger partial charge in [-0.15, -0.1) is 0 Å². The molecule has 0 spiro atoms. The number of nitrogens with zero attached hydrogens (tertiary/aromatic N) is 1. The molecule has 2 amide bonds. The molecule has 2 unspecified atom stereocenters. The minimum Gasteiger partial charge on any atom is -0.493 e. The standard InChI is InChI=1S/C23H27FN2O5S/c1-30-19-12-15-8-10-26(23(29)25-18(22(27)28)9-11-32-3)21(17(15)13-20(19)31-2)14-4-6-16(24)7-5-14/h4-7,12-13,18,21H,8-11H2,1-3H3,(H,25,29)(H,27,28). The molecule has 0 fully saturated rings. The monoisotopic (exact) mass is 462 g/mol. The number of fused-ring (bicyclic) bond motifs is 1. The molecule has 0 radical (unpaired) electrons. The molecule has 1 aliphatic heterocycles. The van der Waals surface area contributed by atoms with E-state index < -0.39 is 24.1 Å². The molecule has 2 aromatic carbocycles. The number of carbonyl (C=O) groups excluding carboxylic acids is 1. The first-order chi connectivity index (χ1) is 15.4. The molecule has 0 saturated carbocycles. The van der Waals surface area contributed by atoms with Crippen LogP contribution in [-0.4, -0.2) is 60.8 Å². The van der Waals surface area contributed by atoms with Crippen molar-refractivity contribution in [2.45, 2.75) is 24.9 Å². The van der Waals surface area contributed by atoms with Gasteiger partial charge in [-0.25, -0.2) is 14.0 Å². The highest BCUT2D eigenvalue weighted by Gasteiger charge is 2.35. The van der Waals surface area contributed by atoms with Crippen molar-refractivity contribution in [2.24, 2.45) is 0 Å². The number of hydrogen-bond donors (Lipinski definition) is 2. The van der Waals surface area contributed by atoms with Crippen LogP contribution in [0.2, 0.25) is 0 Å². The lowest BCUT2D eigenvalue weighted by Gasteiger charge is -2.38. The maximum absolute atomic E-state index is 13.6. The summed E-state index contributed by atoms with van der Waals surface area (Å²) in [6, 6.07) is 7.67. The first-order valence-electron chi connectivity index (χ1n) is 10.2. The summed E-state index contributed by atoms with van der Waals surface area (Å²) in [6.07, 6.45) is 2.76. The number of thioether (sulfide) groups is 1. The zero-order chi connectivity index (χ0) is 23.3. The summed E-state index contributed by atoms with van der Waals surface area (Å²) in [5.41, 5.74) is 2.52. The summed E-state index contributed by atoms with van der Waals surface area (Å²) >= 11 is 1.52.